The molecule has 0 saturated carbocycles. The third-order valence-electron chi connectivity index (χ3n) is 0. The van der Waals surface area contributed by atoms with Crippen LogP contribution in [0.3, 0.4) is 0 Å². The van der Waals surface area contributed by atoms with Crippen LogP contribution in [0, 0.1) is 0 Å². The van der Waals surface area contributed by atoms with E-state index in [4.69, 9.17) is 3.80 Å². The third-order valence-corrected chi connectivity index (χ3v) is 0. The van der Waals surface area contributed by atoms with Crippen LogP contribution in [-0.2, 0) is 3.80 Å². The molecule has 0 aromatic heterocycles. The average Bonchev–Trinajstić information content (AvgIpc) is 1.00. The number of rotatable bonds is 0. The van der Waals surface area contributed by atoms with E-state index in [0.29, 0.717) is 16.2 Å². The predicted octanol–water partition coefficient (Wildman–Crippen LogP) is -2.66. The Hall–Kier alpha value is 0.825. The van der Waals surface area contributed by atoms with E-state index in [1.807, 2.05) is 0 Å². The Kier molecular flexibility index (Phi) is 238. The Morgan fingerprint density at radius 3 is 1.50 bits per heavy atom. The van der Waals surface area contributed by atoms with Crippen LogP contribution in [0.4, 0.5) is 0 Å². The summed E-state index contributed by atoms with van der Waals surface area (Å²) in [6.07, 6.45) is 0. The first-order valence-electron chi connectivity index (χ1n) is 0.289. The van der Waals surface area contributed by atoms with Gasteiger partial charge in [0.2, 0.25) is 0 Å². The normalized spacial score (nSPS) is 0.750. The van der Waals surface area contributed by atoms with Crippen molar-refractivity contribution in [2.75, 3.05) is 0 Å². The van der Waals surface area contributed by atoms with Crippen molar-refractivity contribution in [1.82, 2.24) is 0 Å². The zero-order valence-electron chi connectivity index (χ0n) is 2.62. The molecule has 0 unspecified atom stereocenters. The number of hydrogen-bond donors (Lipinski definition) is 0. The van der Waals surface area contributed by atoms with Gasteiger partial charge in [0.25, 0.3) is 0 Å². The summed E-state index contributed by atoms with van der Waals surface area (Å²) < 4.78 is 8.28. The Morgan fingerprint density at radius 1 is 1.50 bits per heavy atom. The van der Waals surface area contributed by atoms with Crippen LogP contribution < -0.4 is 0 Å². The molecule has 0 fully saturated rings. The summed E-state index contributed by atoms with van der Waals surface area (Å²) in [4.78, 5) is 0. The van der Waals surface area contributed by atoms with Crippen LogP contribution in [-0.4, -0.2) is 39.1 Å². The molecule has 4 heteroatoms. The van der Waals surface area contributed by atoms with Crippen molar-refractivity contribution < 1.29 is 10.7 Å². The van der Waals surface area contributed by atoms with Crippen LogP contribution in [0.1, 0.15) is 1.43 Å². The Bertz CT molecular complexity index is 7.61. The second-order valence-corrected chi connectivity index (χ2v) is 0. The van der Waals surface area contributed by atoms with E-state index >= 15 is 0 Å². The van der Waals surface area contributed by atoms with Gasteiger partial charge in [0, 0.05) is 0 Å². The van der Waals surface area contributed by atoms with E-state index in [2.05, 4.69) is 0 Å². The maximum absolute atomic E-state index is 8.28. The summed E-state index contributed by atoms with van der Waals surface area (Å²) in [5.74, 6) is 0. The van der Waals surface area contributed by atoms with Gasteiger partial charge < -0.3 is 5.48 Å². The SMILES string of the molecule is O.[AlH3].[H+].[O]=[AlH]. The van der Waals surface area contributed by atoms with Gasteiger partial charge in [0.05, 0.1) is 0 Å². The van der Waals surface area contributed by atoms with Crippen LogP contribution in [0.5, 0.6) is 0 Å². The van der Waals surface area contributed by atoms with Crippen LogP contribution in [0.2, 0.25) is 0 Å². The van der Waals surface area contributed by atoms with Crippen molar-refractivity contribution in [2.24, 2.45) is 0 Å². The van der Waals surface area contributed by atoms with E-state index in [1.165, 1.54) is 0 Å². The van der Waals surface area contributed by atoms with Crippen molar-refractivity contribution in [2.45, 2.75) is 0 Å². The van der Waals surface area contributed by atoms with E-state index in [9.17, 15) is 0 Å². The molecule has 0 bridgehead atoms. The van der Waals surface area contributed by atoms with Crippen LogP contribution in [0.25, 0.3) is 0 Å². The van der Waals surface area contributed by atoms with E-state index in [0.717, 1.165) is 0 Å². The van der Waals surface area contributed by atoms with Gasteiger partial charge in [0.15, 0.2) is 17.4 Å². The summed E-state index contributed by atoms with van der Waals surface area (Å²) in [5, 5.41) is 0. The second-order valence-electron chi connectivity index (χ2n) is 0. The molecule has 0 aromatic rings. The van der Waals surface area contributed by atoms with Gasteiger partial charge in [-0.1, -0.05) is 0 Å². The Morgan fingerprint density at radius 2 is 1.50 bits per heavy atom. The van der Waals surface area contributed by atoms with Gasteiger partial charge >= 0.3 is 21.5 Å². The van der Waals surface area contributed by atoms with Gasteiger partial charge in [-0.25, -0.2) is 0 Å². The quantitative estimate of drug-likeness (QED) is 0.301. The molecule has 0 atom stereocenters. The van der Waals surface area contributed by atoms with Crippen LogP contribution in [0.15, 0.2) is 0 Å². The Balaban J connectivity index is -0.00000000167. The van der Waals surface area contributed by atoms with E-state index in [-0.39, 0.29) is 24.3 Å². The first-order chi connectivity index (χ1) is 1.00. The monoisotopic (exact) mass is 93.0 g/mol. The molecular weight excluding hydrogens is 86.0 g/mol. The van der Waals surface area contributed by atoms with Crippen molar-refractivity contribution in [3.8, 4) is 0 Å². The standard InChI is InChI=1S/2Al.H2O.O.4H/h;;1H2;;;;;/p+1. The van der Waals surface area contributed by atoms with Crippen molar-refractivity contribution in [3.63, 3.8) is 0 Å². The molecule has 0 rings (SSSR count). The zero-order chi connectivity index (χ0) is 2.00. The van der Waals surface area contributed by atoms with Crippen LogP contribution >= 0.6 is 0 Å². The Labute approximate surface area is 44.8 Å². The fourth-order valence-electron chi connectivity index (χ4n) is 0. The molecule has 2 nitrogen and oxygen atoms in total. The zero-order valence-corrected chi connectivity index (χ0v) is 3.03. The molecule has 0 aliphatic rings. The summed E-state index contributed by atoms with van der Waals surface area (Å²) >= 11 is 0.611. The predicted molar refractivity (Wildman–Crippen MR) is 22.5 cm³/mol. The van der Waals surface area contributed by atoms with Gasteiger partial charge in [-0.15, -0.1) is 0 Å². The molecule has 0 aliphatic carbocycles. The molecule has 0 aliphatic heterocycles. The van der Waals surface area contributed by atoms with Gasteiger partial charge in [0.1, 0.15) is 0 Å². The molecule has 0 radical (unpaired) electrons. The minimum absolute atomic E-state index is 0. The van der Waals surface area contributed by atoms with Crippen molar-refractivity contribution >= 4 is 33.6 Å². The first kappa shape index (κ1) is 21.2. The molecule has 2 N–H and O–H groups in total. The van der Waals surface area contributed by atoms with Gasteiger partial charge in [-0.3, -0.25) is 0 Å². The number of hydrogen-bond acceptors (Lipinski definition) is 1. The third kappa shape index (κ3) is 13.8. The molecule has 24 valence electrons. The first-order valence-corrected chi connectivity index (χ1v) is 0.866. The summed E-state index contributed by atoms with van der Waals surface area (Å²) in [5.41, 5.74) is 0. The molecule has 0 spiro atoms. The molecule has 0 aromatic carbocycles. The maximum atomic E-state index is 8.28. The van der Waals surface area contributed by atoms with Crippen molar-refractivity contribution in [1.29, 1.82) is 0 Å². The topological polar surface area (TPSA) is 48.6 Å². The van der Waals surface area contributed by atoms with Crippen molar-refractivity contribution in [3.05, 3.63) is 0 Å². The molecule has 4 heavy (non-hydrogen) atoms. The van der Waals surface area contributed by atoms with E-state index in [1.54, 1.807) is 0 Å². The van der Waals surface area contributed by atoms with Gasteiger partial charge in [-0.05, 0) is 0 Å². The summed E-state index contributed by atoms with van der Waals surface area (Å²) in [6.45, 7) is 0. The van der Waals surface area contributed by atoms with E-state index < -0.39 is 0 Å². The molecule has 0 amide bonds. The average molecular weight is 93.0 g/mol. The summed E-state index contributed by atoms with van der Waals surface area (Å²) in [7, 11) is 0. The minimum atomic E-state index is 0. The molecular formula is H7Al2O2+. The molecule has 0 heterocycles. The fourth-order valence-corrected chi connectivity index (χ4v) is 0. The summed E-state index contributed by atoms with van der Waals surface area (Å²) in [6, 6.07) is 0. The second kappa shape index (κ2) is 44.9. The molecule has 0 saturated heterocycles. The fraction of sp³-hybridized carbons (Fsp3) is 0. The van der Waals surface area contributed by atoms with Gasteiger partial charge in [-0.2, -0.15) is 0 Å².